The maximum Gasteiger partial charge on any atom is 0.0801 e. The van der Waals surface area contributed by atoms with Crippen LogP contribution >= 0.6 is 11.5 Å². The zero-order chi connectivity index (χ0) is 13.9. The Balaban J connectivity index is 1.80. The maximum atomic E-state index is 4.27. The van der Waals surface area contributed by atoms with E-state index in [0.29, 0.717) is 17.9 Å². The third-order valence-electron chi connectivity index (χ3n) is 4.12. The van der Waals surface area contributed by atoms with Crippen molar-refractivity contribution in [3.05, 3.63) is 46.5 Å². The highest BCUT2D eigenvalue weighted by molar-refractivity contribution is 7.05. The topological polar surface area (TPSA) is 37.8 Å². The molecule has 1 fully saturated rings. The van der Waals surface area contributed by atoms with Gasteiger partial charge in [0.15, 0.2) is 0 Å². The summed E-state index contributed by atoms with van der Waals surface area (Å²) in [5.74, 6) is 1.37. The molecule has 3 unspecified atom stereocenters. The molecule has 0 saturated heterocycles. The molecule has 1 N–H and O–H groups in total. The van der Waals surface area contributed by atoms with Crippen molar-refractivity contribution >= 4 is 11.5 Å². The Bertz CT molecular complexity index is 552. The van der Waals surface area contributed by atoms with Gasteiger partial charge in [-0.25, -0.2) is 0 Å². The second kappa shape index (κ2) is 6.02. The molecule has 4 heteroatoms. The molecule has 1 aromatic carbocycles. The summed E-state index contributed by atoms with van der Waals surface area (Å²) in [7, 11) is 0. The highest BCUT2D eigenvalue weighted by Gasteiger charge is 2.45. The first-order chi connectivity index (χ1) is 9.85. The van der Waals surface area contributed by atoms with Gasteiger partial charge < -0.3 is 5.32 Å². The number of nitrogens with one attached hydrogen (secondary N) is 1. The Morgan fingerprint density at radius 2 is 2.10 bits per heavy atom. The van der Waals surface area contributed by atoms with E-state index in [1.807, 2.05) is 0 Å². The van der Waals surface area contributed by atoms with Crippen LogP contribution in [0.4, 0.5) is 0 Å². The summed E-state index contributed by atoms with van der Waals surface area (Å²) in [4.78, 5) is 1.35. The van der Waals surface area contributed by atoms with E-state index in [-0.39, 0.29) is 0 Å². The van der Waals surface area contributed by atoms with Crippen molar-refractivity contribution in [1.29, 1.82) is 0 Å². The minimum Gasteiger partial charge on any atom is -0.309 e. The monoisotopic (exact) mass is 287 g/mol. The van der Waals surface area contributed by atoms with Crippen LogP contribution in [0.25, 0.3) is 0 Å². The smallest absolute Gasteiger partial charge is 0.0801 e. The summed E-state index contributed by atoms with van der Waals surface area (Å²) < 4.78 is 4.16. The first-order valence-corrected chi connectivity index (χ1v) is 8.21. The molecular formula is C16H21N3S. The molecule has 106 valence electrons. The van der Waals surface area contributed by atoms with Gasteiger partial charge in [-0.2, -0.15) is 0 Å². The number of hydrogen-bond acceptors (Lipinski definition) is 4. The molecule has 0 aliphatic heterocycles. The van der Waals surface area contributed by atoms with Crippen LogP contribution in [0.2, 0.25) is 0 Å². The molecular weight excluding hydrogens is 266 g/mol. The lowest BCUT2D eigenvalue weighted by molar-refractivity contribution is 0.490. The fraction of sp³-hybridized carbons (Fsp3) is 0.500. The molecule has 1 aromatic heterocycles. The fourth-order valence-corrected chi connectivity index (χ4v) is 3.91. The summed E-state index contributed by atoms with van der Waals surface area (Å²) in [6.45, 7) is 5.32. The number of aromatic nitrogens is 2. The van der Waals surface area contributed by atoms with Gasteiger partial charge in [-0.3, -0.25) is 0 Å². The van der Waals surface area contributed by atoms with Crippen LogP contribution < -0.4 is 5.32 Å². The van der Waals surface area contributed by atoms with Crippen LogP contribution in [0.1, 0.15) is 48.4 Å². The summed E-state index contributed by atoms with van der Waals surface area (Å²) in [6, 6.07) is 11.3. The molecule has 0 radical (unpaired) electrons. The van der Waals surface area contributed by atoms with Crippen molar-refractivity contribution in [2.45, 2.75) is 38.6 Å². The molecule has 0 amide bonds. The zero-order valence-electron chi connectivity index (χ0n) is 12.0. The average Bonchev–Trinajstić information content (AvgIpc) is 3.14. The van der Waals surface area contributed by atoms with E-state index >= 15 is 0 Å². The first kappa shape index (κ1) is 13.7. The van der Waals surface area contributed by atoms with Crippen molar-refractivity contribution in [2.24, 2.45) is 5.92 Å². The van der Waals surface area contributed by atoms with Crippen LogP contribution in [0.5, 0.6) is 0 Å². The molecule has 3 rings (SSSR count). The van der Waals surface area contributed by atoms with E-state index in [2.05, 4.69) is 59.1 Å². The largest absolute Gasteiger partial charge is 0.309 e. The lowest BCUT2D eigenvalue weighted by Crippen LogP contribution is -2.23. The molecule has 0 bridgehead atoms. The summed E-state index contributed by atoms with van der Waals surface area (Å²) in [5.41, 5.74) is 2.63. The standard InChI is InChI=1S/C16H21N3S/c1-3-14-16(20-19-18-14)15(17-4-2)13-10-12(13)11-8-6-5-7-9-11/h5-9,12-13,15,17H,3-4,10H2,1-2H3. The molecule has 0 spiro atoms. The van der Waals surface area contributed by atoms with Crippen molar-refractivity contribution in [3.8, 4) is 0 Å². The van der Waals surface area contributed by atoms with Gasteiger partial charge in [0.25, 0.3) is 0 Å². The van der Waals surface area contributed by atoms with E-state index in [4.69, 9.17) is 0 Å². The van der Waals surface area contributed by atoms with Crippen LogP contribution in [0.15, 0.2) is 30.3 Å². The van der Waals surface area contributed by atoms with E-state index in [1.165, 1.54) is 22.6 Å². The molecule has 1 saturated carbocycles. The van der Waals surface area contributed by atoms with E-state index in [0.717, 1.165) is 13.0 Å². The van der Waals surface area contributed by atoms with Crippen molar-refractivity contribution in [1.82, 2.24) is 14.9 Å². The third kappa shape index (κ3) is 2.63. The number of benzene rings is 1. The van der Waals surface area contributed by atoms with Gasteiger partial charge in [0, 0.05) is 6.04 Å². The minimum atomic E-state index is 0.417. The van der Waals surface area contributed by atoms with Gasteiger partial charge in [-0.05, 0) is 48.3 Å². The Morgan fingerprint density at radius 3 is 2.80 bits per heavy atom. The molecule has 20 heavy (non-hydrogen) atoms. The van der Waals surface area contributed by atoms with Crippen LogP contribution in [0.3, 0.4) is 0 Å². The quantitative estimate of drug-likeness (QED) is 0.883. The van der Waals surface area contributed by atoms with Crippen molar-refractivity contribution in [3.63, 3.8) is 0 Å². The first-order valence-electron chi connectivity index (χ1n) is 7.44. The Hall–Kier alpha value is -1.26. The van der Waals surface area contributed by atoms with Gasteiger partial charge in [0.05, 0.1) is 10.6 Å². The Kier molecular flexibility index (Phi) is 4.13. The Morgan fingerprint density at radius 1 is 1.30 bits per heavy atom. The van der Waals surface area contributed by atoms with E-state index in [9.17, 15) is 0 Å². The van der Waals surface area contributed by atoms with Gasteiger partial charge in [0.2, 0.25) is 0 Å². The summed E-state index contributed by atoms with van der Waals surface area (Å²) >= 11 is 1.56. The number of hydrogen-bond donors (Lipinski definition) is 1. The highest BCUT2D eigenvalue weighted by Crippen LogP contribution is 2.54. The fourth-order valence-electron chi connectivity index (χ4n) is 3.02. The lowest BCUT2D eigenvalue weighted by atomic mass is 10.0. The van der Waals surface area contributed by atoms with Crippen LogP contribution in [-0.2, 0) is 6.42 Å². The van der Waals surface area contributed by atoms with Crippen LogP contribution in [-0.4, -0.2) is 16.1 Å². The molecule has 3 atom stereocenters. The molecule has 3 nitrogen and oxygen atoms in total. The number of aryl methyl sites for hydroxylation is 1. The zero-order valence-corrected chi connectivity index (χ0v) is 12.9. The number of rotatable bonds is 6. The normalized spacial score (nSPS) is 22.7. The Labute approximate surface area is 124 Å². The highest BCUT2D eigenvalue weighted by atomic mass is 32.1. The summed E-state index contributed by atoms with van der Waals surface area (Å²) in [5, 5.41) is 7.93. The lowest BCUT2D eigenvalue weighted by Gasteiger charge is -2.17. The maximum absolute atomic E-state index is 4.27. The van der Waals surface area contributed by atoms with Gasteiger partial charge in [-0.15, -0.1) is 5.10 Å². The van der Waals surface area contributed by atoms with Crippen molar-refractivity contribution < 1.29 is 0 Å². The second-order valence-corrected chi connectivity index (χ2v) is 6.18. The third-order valence-corrected chi connectivity index (χ3v) is 4.97. The van der Waals surface area contributed by atoms with Gasteiger partial charge in [0.1, 0.15) is 0 Å². The molecule has 1 heterocycles. The number of nitrogens with zero attached hydrogens (tertiary/aromatic N) is 2. The van der Waals surface area contributed by atoms with Gasteiger partial charge >= 0.3 is 0 Å². The van der Waals surface area contributed by atoms with Crippen molar-refractivity contribution in [2.75, 3.05) is 6.54 Å². The minimum absolute atomic E-state index is 0.417. The van der Waals surface area contributed by atoms with Gasteiger partial charge in [-0.1, -0.05) is 48.7 Å². The molecule has 1 aliphatic carbocycles. The van der Waals surface area contributed by atoms with E-state index in [1.54, 1.807) is 11.5 Å². The second-order valence-electron chi connectivity index (χ2n) is 5.39. The molecule has 2 aromatic rings. The molecule has 1 aliphatic rings. The SMILES string of the molecule is CCNC(c1snnc1CC)C1CC1c1ccccc1. The summed E-state index contributed by atoms with van der Waals surface area (Å²) in [6.07, 6.45) is 2.24. The predicted molar refractivity (Wildman–Crippen MR) is 83.0 cm³/mol. The predicted octanol–water partition coefficient (Wildman–Crippen LogP) is 3.55. The average molecular weight is 287 g/mol. The van der Waals surface area contributed by atoms with E-state index < -0.39 is 0 Å². The van der Waals surface area contributed by atoms with Crippen LogP contribution in [0, 0.1) is 5.92 Å².